The molecule has 2 nitrogen and oxygen atoms in total. The van der Waals surface area contributed by atoms with Crippen LogP contribution in [0.4, 0.5) is 4.39 Å². The van der Waals surface area contributed by atoms with Gasteiger partial charge in [-0.15, -0.1) is 59.2 Å². The predicted octanol–water partition coefficient (Wildman–Crippen LogP) is 9.58. The van der Waals surface area contributed by atoms with Gasteiger partial charge in [0.15, 0.2) is 0 Å². The van der Waals surface area contributed by atoms with E-state index in [9.17, 15) is 4.39 Å². The van der Waals surface area contributed by atoms with Gasteiger partial charge in [0.25, 0.3) is 0 Å². The molecule has 0 fully saturated rings. The molecule has 3 aromatic carbocycles. The van der Waals surface area contributed by atoms with Gasteiger partial charge in [0, 0.05) is 35.1 Å². The van der Waals surface area contributed by atoms with Crippen LogP contribution in [0.25, 0.3) is 42.7 Å². The van der Waals surface area contributed by atoms with Crippen molar-refractivity contribution in [3.8, 4) is 22.5 Å². The first-order chi connectivity index (χ1) is 20.3. The van der Waals surface area contributed by atoms with Crippen LogP contribution in [0.5, 0.6) is 0 Å². The normalized spacial score (nSPS) is 12.7. The second-order valence-electron chi connectivity index (χ2n) is 11.1. The van der Waals surface area contributed by atoms with E-state index >= 15 is 0 Å². The van der Waals surface area contributed by atoms with E-state index in [1.54, 1.807) is 23.5 Å². The van der Waals surface area contributed by atoms with Crippen LogP contribution in [0.2, 0.25) is 19.6 Å². The molecule has 0 N–H and O–H groups in total. The number of aromatic nitrogens is 2. The van der Waals surface area contributed by atoms with Crippen molar-refractivity contribution in [3.05, 3.63) is 114 Å². The van der Waals surface area contributed by atoms with E-state index < -0.39 is 14.9 Å². The Morgan fingerprint density at radius 1 is 0.902 bits per heavy atom. The summed E-state index contributed by atoms with van der Waals surface area (Å²) in [5.74, 6) is -0.120. The fraction of sp³-hybridized carbons (Fsp3) is 0.200. The molecule has 6 heteroatoms. The van der Waals surface area contributed by atoms with Gasteiger partial charge in [-0.3, -0.25) is 0 Å². The Labute approximate surface area is 265 Å². The van der Waals surface area contributed by atoms with Gasteiger partial charge in [0.05, 0.1) is 14.3 Å². The number of aryl methyl sites for hydroxylation is 1. The third-order valence-corrected chi connectivity index (χ3v) is 10.1. The zero-order valence-corrected chi connectivity index (χ0v) is 27.9. The van der Waals surface area contributed by atoms with E-state index in [0.29, 0.717) is 11.1 Å². The van der Waals surface area contributed by atoms with Crippen LogP contribution in [0.1, 0.15) is 35.0 Å². The van der Waals surface area contributed by atoms with Crippen LogP contribution in [0, 0.1) is 24.8 Å². The minimum absolute atomic E-state index is 0. The Kier molecular flexibility index (Phi) is 8.43. The van der Waals surface area contributed by atoms with Crippen molar-refractivity contribution in [1.29, 1.82) is 0 Å². The topological polar surface area (TPSA) is 25.8 Å². The molecule has 41 heavy (non-hydrogen) atoms. The fourth-order valence-corrected chi connectivity index (χ4v) is 6.74. The Balaban J connectivity index is 0.000000199. The molecule has 1 radical (unpaired) electrons. The molecule has 0 amide bonds. The molecule has 0 atom stereocenters. The van der Waals surface area contributed by atoms with Gasteiger partial charge in [-0.2, -0.15) is 11.3 Å². The minimum Gasteiger partial charge on any atom is -0.305 e. The van der Waals surface area contributed by atoms with Gasteiger partial charge in [-0.05, 0) is 44.2 Å². The number of hydrogen-bond donors (Lipinski definition) is 0. The van der Waals surface area contributed by atoms with Crippen LogP contribution in [0.15, 0.2) is 85.2 Å². The molecule has 0 aliphatic rings. The Morgan fingerprint density at radius 2 is 1.68 bits per heavy atom. The first kappa shape index (κ1) is 26.8. The number of nitrogens with zero attached hydrogens (tertiary/aromatic N) is 2. The summed E-state index contributed by atoms with van der Waals surface area (Å²) in [6.07, 6.45) is 3.25. The standard InChI is InChI=1S/C20H15FNS.C15H18NSi.Ir/c1-12(2)16-10-18(22-11-17(16)21)15-8-5-7-14-13-6-3-4-9-19(13)23-20(14)15;1-12-5-7-13(8-6-12)15-10-9-14(11-16-15)17(2,3)4;/h3-7,9-12H,1-2H3;5-7,9-11H,1-4H3;/q2*-1;/i;1D3;. The smallest absolute Gasteiger partial charge is 0.143 e. The molecule has 3 heterocycles. The number of rotatable bonds is 4. The van der Waals surface area contributed by atoms with Crippen LogP contribution >= 0.6 is 11.3 Å². The summed E-state index contributed by atoms with van der Waals surface area (Å²) in [7, 11) is -1.34. The molecular formula is C35H33FIrN2SSi-2. The molecule has 0 aliphatic carbocycles. The fourth-order valence-electron chi connectivity index (χ4n) is 4.50. The Bertz CT molecular complexity index is 1820. The largest absolute Gasteiger partial charge is 0.305 e. The van der Waals surface area contributed by atoms with E-state index in [-0.39, 0.29) is 31.8 Å². The number of benzene rings is 3. The zero-order chi connectivity index (χ0) is 30.9. The molecular weight excluding hydrogens is 720 g/mol. The average Bonchev–Trinajstić information content (AvgIpc) is 3.36. The van der Waals surface area contributed by atoms with Crippen molar-refractivity contribution in [2.24, 2.45) is 0 Å². The summed E-state index contributed by atoms with van der Waals surface area (Å²) >= 11 is 1.74. The second-order valence-corrected chi connectivity index (χ2v) is 17.2. The average molecular weight is 756 g/mol. The molecule has 211 valence electrons. The Hall–Kier alpha value is -3.02. The van der Waals surface area contributed by atoms with Crippen molar-refractivity contribution in [2.75, 3.05) is 0 Å². The number of fused-ring (bicyclic) bond motifs is 3. The van der Waals surface area contributed by atoms with Crippen LogP contribution < -0.4 is 5.19 Å². The third kappa shape index (κ3) is 6.90. The molecule has 0 unspecified atom stereocenters. The van der Waals surface area contributed by atoms with Crippen LogP contribution in [-0.4, -0.2) is 18.0 Å². The molecule has 0 saturated carbocycles. The molecule has 0 saturated heterocycles. The number of pyridine rings is 2. The van der Waals surface area contributed by atoms with Crippen LogP contribution in [0.3, 0.4) is 0 Å². The minimum atomic E-state index is -2.08. The van der Waals surface area contributed by atoms with Gasteiger partial charge in [-0.1, -0.05) is 82.1 Å². The quantitative estimate of drug-likeness (QED) is 0.132. The predicted molar refractivity (Wildman–Crippen MR) is 172 cm³/mol. The SMILES string of the molecule is CC(C)c1cc(-c2[c-]ccc3c2sc2ccccc23)ncc1F.[2H]C([2H])([2H])c1c[c-]c(-c2ccc([Si](C)(C)C)cn2)cc1.[Ir]. The van der Waals surface area contributed by atoms with E-state index in [0.717, 1.165) is 27.2 Å². The molecule has 0 aliphatic heterocycles. The maximum absolute atomic E-state index is 13.9. The summed E-state index contributed by atoms with van der Waals surface area (Å²) < 4.78 is 38.4. The van der Waals surface area contributed by atoms with Crippen LogP contribution in [-0.2, 0) is 20.1 Å². The molecule has 0 spiro atoms. The summed E-state index contributed by atoms with van der Waals surface area (Å²) in [4.78, 5) is 8.78. The number of halogens is 1. The van der Waals surface area contributed by atoms with Gasteiger partial charge in [0.1, 0.15) is 5.82 Å². The first-order valence-corrected chi connectivity index (χ1v) is 17.6. The number of hydrogen-bond acceptors (Lipinski definition) is 3. The zero-order valence-electron chi connectivity index (χ0n) is 26.7. The van der Waals surface area contributed by atoms with E-state index in [2.05, 4.69) is 72.1 Å². The summed E-state index contributed by atoms with van der Waals surface area (Å²) in [5.41, 5.74) is 4.38. The van der Waals surface area contributed by atoms with Crippen molar-refractivity contribution < 1.29 is 28.6 Å². The molecule has 6 aromatic rings. The summed E-state index contributed by atoms with van der Waals surface area (Å²) in [6.45, 7) is 8.74. The van der Waals surface area contributed by atoms with Gasteiger partial charge < -0.3 is 9.97 Å². The van der Waals surface area contributed by atoms with Crippen molar-refractivity contribution in [2.45, 2.75) is 46.3 Å². The maximum atomic E-state index is 13.9. The van der Waals surface area contributed by atoms with Crippen molar-refractivity contribution in [3.63, 3.8) is 0 Å². The molecule has 3 aromatic heterocycles. The van der Waals surface area contributed by atoms with Gasteiger partial charge in [-0.25, -0.2) is 4.39 Å². The maximum Gasteiger partial charge on any atom is 0.143 e. The molecule has 0 bridgehead atoms. The number of thiophene rings is 1. The third-order valence-electron chi connectivity index (χ3n) is 6.82. The Morgan fingerprint density at radius 3 is 2.34 bits per heavy atom. The van der Waals surface area contributed by atoms with E-state index in [4.69, 9.17) is 4.11 Å². The molecule has 6 rings (SSSR count). The van der Waals surface area contributed by atoms with Crippen molar-refractivity contribution in [1.82, 2.24) is 9.97 Å². The monoisotopic (exact) mass is 756 g/mol. The van der Waals surface area contributed by atoms with E-state index in [1.807, 2.05) is 44.3 Å². The first-order valence-electron chi connectivity index (χ1n) is 14.8. The van der Waals surface area contributed by atoms with E-state index in [1.165, 1.54) is 32.9 Å². The summed E-state index contributed by atoms with van der Waals surface area (Å²) in [5, 5.41) is 3.76. The van der Waals surface area contributed by atoms with Crippen molar-refractivity contribution >= 4 is 44.8 Å². The van der Waals surface area contributed by atoms with Gasteiger partial charge in [0.2, 0.25) is 0 Å². The second kappa shape index (κ2) is 12.9. The van der Waals surface area contributed by atoms with Gasteiger partial charge >= 0.3 is 0 Å². The summed E-state index contributed by atoms with van der Waals surface area (Å²) in [6, 6.07) is 29.5.